The van der Waals surface area contributed by atoms with Crippen LogP contribution in [-0.4, -0.2) is 47.3 Å². The number of fused-ring (bicyclic) bond motifs is 1. The Morgan fingerprint density at radius 1 is 1.06 bits per heavy atom. The standard InChI is InChI=1S/C24H30N4O6S/c1-23(2,3)34-22(30)27-16-9-14(8-15(10-16)21(25)29)17-12-26-20-11-18(33-7)19(13-28(17)20)35(31,32)24(4,5)6/h8-13H,1-7H3,(H2,25,29)(H,27,30). The summed E-state index contributed by atoms with van der Waals surface area (Å²) in [6.07, 6.45) is 2.26. The largest absolute Gasteiger partial charge is 0.495 e. The van der Waals surface area contributed by atoms with E-state index in [-0.39, 0.29) is 21.9 Å². The molecule has 0 aliphatic rings. The summed E-state index contributed by atoms with van der Waals surface area (Å²) in [5, 5.41) is 2.60. The molecule has 2 aromatic heterocycles. The van der Waals surface area contributed by atoms with Gasteiger partial charge in [-0.25, -0.2) is 18.2 Å². The molecule has 0 bridgehead atoms. The first-order valence-corrected chi connectivity index (χ1v) is 12.3. The van der Waals surface area contributed by atoms with Crippen LogP contribution in [0.25, 0.3) is 16.9 Å². The summed E-state index contributed by atoms with van der Waals surface area (Å²) in [6, 6.07) is 6.10. The van der Waals surface area contributed by atoms with Gasteiger partial charge in [-0.3, -0.25) is 14.5 Å². The van der Waals surface area contributed by atoms with Crippen molar-refractivity contribution in [3.8, 4) is 17.0 Å². The van der Waals surface area contributed by atoms with Crippen LogP contribution in [0, 0.1) is 0 Å². The van der Waals surface area contributed by atoms with Crippen molar-refractivity contribution < 1.29 is 27.5 Å². The van der Waals surface area contributed by atoms with Crippen LogP contribution < -0.4 is 15.8 Å². The molecule has 0 saturated carbocycles. The van der Waals surface area contributed by atoms with Gasteiger partial charge in [0.15, 0.2) is 9.84 Å². The van der Waals surface area contributed by atoms with Gasteiger partial charge in [0.2, 0.25) is 5.91 Å². The van der Waals surface area contributed by atoms with E-state index >= 15 is 0 Å². The van der Waals surface area contributed by atoms with E-state index in [2.05, 4.69) is 10.3 Å². The highest BCUT2D eigenvalue weighted by atomic mass is 32.2. The number of carbonyl (C=O) groups is 2. The van der Waals surface area contributed by atoms with Crippen molar-refractivity contribution in [2.45, 2.75) is 56.8 Å². The second-order valence-corrected chi connectivity index (χ2v) is 12.7. The Bertz CT molecular complexity index is 1410. The van der Waals surface area contributed by atoms with Gasteiger partial charge in [-0.1, -0.05) is 0 Å². The van der Waals surface area contributed by atoms with Crippen molar-refractivity contribution in [3.05, 3.63) is 42.2 Å². The summed E-state index contributed by atoms with van der Waals surface area (Å²) < 4.78 is 37.6. The minimum atomic E-state index is -3.77. The number of nitrogens with one attached hydrogen (secondary N) is 1. The molecule has 2 heterocycles. The maximum absolute atomic E-state index is 13.2. The number of sulfone groups is 1. The SMILES string of the molecule is COc1cc2ncc(-c3cc(NC(=O)OC(C)(C)C)cc(C(N)=O)c3)n2cc1S(=O)(=O)C(C)(C)C. The topological polar surface area (TPSA) is 142 Å². The third-order valence-corrected chi connectivity index (χ3v) is 7.55. The zero-order valence-electron chi connectivity index (χ0n) is 20.8. The van der Waals surface area contributed by atoms with E-state index in [0.29, 0.717) is 16.9 Å². The van der Waals surface area contributed by atoms with Gasteiger partial charge in [-0.15, -0.1) is 0 Å². The van der Waals surface area contributed by atoms with Gasteiger partial charge in [-0.2, -0.15) is 0 Å². The molecule has 11 heteroatoms. The molecule has 0 fully saturated rings. The summed E-state index contributed by atoms with van der Waals surface area (Å²) >= 11 is 0. The number of amides is 2. The molecule has 0 spiro atoms. The lowest BCUT2D eigenvalue weighted by atomic mass is 10.1. The molecule has 3 aromatic rings. The van der Waals surface area contributed by atoms with E-state index in [9.17, 15) is 18.0 Å². The van der Waals surface area contributed by atoms with Crippen LogP contribution in [0.4, 0.5) is 10.5 Å². The quantitative estimate of drug-likeness (QED) is 0.536. The van der Waals surface area contributed by atoms with E-state index in [1.54, 1.807) is 52.0 Å². The molecule has 10 nitrogen and oxygen atoms in total. The van der Waals surface area contributed by atoms with Gasteiger partial charge in [0, 0.05) is 29.1 Å². The number of aromatic nitrogens is 2. The zero-order valence-corrected chi connectivity index (χ0v) is 21.6. The first kappa shape index (κ1) is 26.0. The van der Waals surface area contributed by atoms with E-state index in [1.165, 1.54) is 37.7 Å². The van der Waals surface area contributed by atoms with Crippen LogP contribution in [0.3, 0.4) is 0 Å². The predicted molar refractivity (Wildman–Crippen MR) is 132 cm³/mol. The van der Waals surface area contributed by atoms with E-state index in [1.807, 2.05) is 0 Å². The summed E-state index contributed by atoms with van der Waals surface area (Å²) in [7, 11) is -2.38. The fraction of sp³-hybridized carbons (Fsp3) is 0.375. The highest BCUT2D eigenvalue weighted by Gasteiger charge is 2.34. The fourth-order valence-corrected chi connectivity index (χ4v) is 4.61. The third kappa shape index (κ3) is 5.40. The Hall–Kier alpha value is -3.60. The molecule has 0 aliphatic heterocycles. The molecule has 35 heavy (non-hydrogen) atoms. The molecule has 0 saturated heterocycles. The molecule has 0 radical (unpaired) electrons. The molecular formula is C24H30N4O6S. The number of rotatable bonds is 5. The van der Waals surface area contributed by atoms with Crippen molar-refractivity contribution in [1.29, 1.82) is 0 Å². The number of carbonyl (C=O) groups excluding carboxylic acids is 2. The Morgan fingerprint density at radius 3 is 2.26 bits per heavy atom. The van der Waals surface area contributed by atoms with E-state index < -0.39 is 32.2 Å². The highest BCUT2D eigenvalue weighted by molar-refractivity contribution is 7.92. The Labute approximate surface area is 204 Å². The van der Waals surface area contributed by atoms with Gasteiger partial charge in [0.05, 0.1) is 23.7 Å². The minimum Gasteiger partial charge on any atom is -0.495 e. The van der Waals surface area contributed by atoms with Crippen LogP contribution in [-0.2, 0) is 14.6 Å². The molecular weight excluding hydrogens is 472 g/mol. The lowest BCUT2D eigenvalue weighted by Crippen LogP contribution is -2.28. The molecule has 3 N–H and O–H groups in total. The number of imidazole rings is 1. The van der Waals surface area contributed by atoms with Crippen LogP contribution in [0.1, 0.15) is 51.9 Å². The minimum absolute atomic E-state index is 0.00240. The number of pyridine rings is 1. The van der Waals surface area contributed by atoms with Crippen molar-refractivity contribution in [2.24, 2.45) is 5.73 Å². The summed E-state index contributed by atoms with van der Waals surface area (Å²) in [5.41, 5.74) is 6.59. The Kier molecular flexibility index (Phi) is 6.60. The lowest BCUT2D eigenvalue weighted by molar-refractivity contribution is 0.0635. The van der Waals surface area contributed by atoms with Crippen molar-refractivity contribution in [2.75, 3.05) is 12.4 Å². The van der Waals surface area contributed by atoms with E-state index in [0.717, 1.165) is 0 Å². The van der Waals surface area contributed by atoms with Crippen molar-refractivity contribution in [3.63, 3.8) is 0 Å². The lowest BCUT2D eigenvalue weighted by Gasteiger charge is -2.21. The van der Waals surface area contributed by atoms with Crippen LogP contribution in [0.5, 0.6) is 5.75 Å². The van der Waals surface area contributed by atoms with Crippen molar-refractivity contribution in [1.82, 2.24) is 9.38 Å². The maximum Gasteiger partial charge on any atom is 0.412 e. The van der Waals surface area contributed by atoms with Gasteiger partial charge >= 0.3 is 6.09 Å². The molecule has 1 aromatic carbocycles. The molecule has 3 rings (SSSR count). The predicted octanol–water partition coefficient (Wildman–Crippen LogP) is 4.03. The first-order chi connectivity index (χ1) is 16.0. The molecule has 0 unspecified atom stereocenters. The summed E-state index contributed by atoms with van der Waals surface area (Å²) in [5.74, 6) is -0.534. The maximum atomic E-state index is 13.2. The van der Waals surface area contributed by atoms with E-state index in [4.69, 9.17) is 15.2 Å². The first-order valence-electron chi connectivity index (χ1n) is 10.8. The zero-order chi connectivity index (χ0) is 26.3. The number of anilines is 1. The van der Waals surface area contributed by atoms with Crippen molar-refractivity contribution >= 4 is 33.2 Å². The number of primary amides is 1. The Morgan fingerprint density at radius 2 is 1.71 bits per heavy atom. The van der Waals surface area contributed by atoms with Crippen LogP contribution in [0.2, 0.25) is 0 Å². The second-order valence-electron chi connectivity index (χ2n) is 9.98. The second kappa shape index (κ2) is 8.88. The fourth-order valence-electron chi connectivity index (χ4n) is 3.30. The summed E-state index contributed by atoms with van der Waals surface area (Å²) in [4.78, 5) is 28.6. The Balaban J connectivity index is 2.20. The van der Waals surface area contributed by atoms with Crippen LogP contribution in [0.15, 0.2) is 41.6 Å². The smallest absolute Gasteiger partial charge is 0.412 e. The van der Waals surface area contributed by atoms with Gasteiger partial charge in [-0.05, 0) is 59.7 Å². The highest BCUT2D eigenvalue weighted by Crippen LogP contribution is 2.35. The van der Waals surface area contributed by atoms with Crippen LogP contribution >= 0.6 is 0 Å². The van der Waals surface area contributed by atoms with Gasteiger partial charge in [0.1, 0.15) is 21.9 Å². The molecule has 188 valence electrons. The number of ether oxygens (including phenoxy) is 2. The average Bonchev–Trinajstić information content (AvgIpc) is 3.13. The average molecular weight is 503 g/mol. The van der Waals surface area contributed by atoms with Gasteiger partial charge in [0.25, 0.3) is 0 Å². The normalized spacial score (nSPS) is 12.4. The third-order valence-electron chi connectivity index (χ3n) is 5.05. The number of nitrogens with two attached hydrogens (primary N) is 1. The number of benzene rings is 1. The number of hydrogen-bond donors (Lipinski definition) is 2. The molecule has 0 aliphatic carbocycles. The summed E-state index contributed by atoms with van der Waals surface area (Å²) in [6.45, 7) is 10.00. The number of methoxy groups -OCH3 is 1. The number of nitrogens with zero attached hydrogens (tertiary/aromatic N) is 2. The van der Waals surface area contributed by atoms with Gasteiger partial charge < -0.3 is 15.2 Å². The molecule has 0 atom stereocenters. The number of hydrogen-bond acceptors (Lipinski definition) is 7. The molecule has 2 amide bonds. The monoisotopic (exact) mass is 502 g/mol.